The van der Waals surface area contributed by atoms with Gasteiger partial charge in [-0.05, 0) is 38.5 Å². The standard InChI is InChI=1S/C18H19N3O3S/c1-10-12(3)25-17-15(10)18(23)21(9-19-17)11(2)16(22)20-13-7-5-6-8-14(13)24-4/h5-9,11H,1-4H3,(H,20,22)/t11-/m0/s1. The molecule has 0 bridgehead atoms. The lowest BCUT2D eigenvalue weighted by Gasteiger charge is -2.16. The first-order chi connectivity index (χ1) is 11.9. The molecule has 1 N–H and O–H groups in total. The number of thiophene rings is 1. The van der Waals surface area contributed by atoms with Crippen LogP contribution in [0, 0.1) is 13.8 Å². The molecule has 0 saturated heterocycles. The highest BCUT2D eigenvalue weighted by Gasteiger charge is 2.20. The highest BCUT2D eigenvalue weighted by molar-refractivity contribution is 7.18. The second-order valence-corrected chi connectivity index (χ2v) is 6.99. The lowest BCUT2D eigenvalue weighted by atomic mass is 10.2. The summed E-state index contributed by atoms with van der Waals surface area (Å²) in [6.07, 6.45) is 1.44. The Morgan fingerprint density at radius 2 is 2.04 bits per heavy atom. The summed E-state index contributed by atoms with van der Waals surface area (Å²) in [4.78, 5) is 31.5. The number of para-hydroxylation sites is 2. The van der Waals surface area contributed by atoms with Crippen LogP contribution >= 0.6 is 11.3 Å². The number of hydrogen-bond acceptors (Lipinski definition) is 5. The first-order valence-electron chi connectivity index (χ1n) is 7.84. The van der Waals surface area contributed by atoms with Crippen molar-refractivity contribution in [2.24, 2.45) is 0 Å². The fraction of sp³-hybridized carbons (Fsp3) is 0.278. The summed E-state index contributed by atoms with van der Waals surface area (Å²) in [5, 5.41) is 3.39. The lowest BCUT2D eigenvalue weighted by Crippen LogP contribution is -2.31. The quantitative estimate of drug-likeness (QED) is 0.778. The summed E-state index contributed by atoms with van der Waals surface area (Å²) in [7, 11) is 1.54. The number of nitrogens with one attached hydrogen (secondary N) is 1. The summed E-state index contributed by atoms with van der Waals surface area (Å²) in [6.45, 7) is 5.54. The van der Waals surface area contributed by atoms with E-state index in [0.717, 1.165) is 10.4 Å². The van der Waals surface area contributed by atoms with Crippen LogP contribution in [-0.4, -0.2) is 22.6 Å². The predicted molar refractivity (Wildman–Crippen MR) is 99.7 cm³/mol. The molecule has 1 aromatic carbocycles. The second kappa shape index (κ2) is 6.68. The van der Waals surface area contributed by atoms with Crippen LogP contribution < -0.4 is 15.6 Å². The van der Waals surface area contributed by atoms with Gasteiger partial charge in [-0.2, -0.15) is 0 Å². The van der Waals surface area contributed by atoms with Gasteiger partial charge >= 0.3 is 0 Å². The van der Waals surface area contributed by atoms with Gasteiger partial charge in [0.2, 0.25) is 5.91 Å². The maximum atomic E-state index is 12.8. The van der Waals surface area contributed by atoms with E-state index < -0.39 is 6.04 Å². The number of rotatable bonds is 4. The highest BCUT2D eigenvalue weighted by atomic mass is 32.1. The van der Waals surface area contributed by atoms with Gasteiger partial charge in [-0.25, -0.2) is 4.98 Å². The molecule has 0 aliphatic carbocycles. The first-order valence-corrected chi connectivity index (χ1v) is 8.66. The summed E-state index contributed by atoms with van der Waals surface area (Å²) in [5.74, 6) is 0.255. The SMILES string of the molecule is COc1ccccc1NC(=O)[C@H](C)n1cnc2sc(C)c(C)c2c1=O. The lowest BCUT2D eigenvalue weighted by molar-refractivity contribution is -0.118. The topological polar surface area (TPSA) is 73.2 Å². The molecule has 3 rings (SSSR count). The third-order valence-corrected chi connectivity index (χ3v) is 5.39. The van der Waals surface area contributed by atoms with Gasteiger partial charge in [-0.1, -0.05) is 12.1 Å². The molecular formula is C18H19N3O3S. The Bertz CT molecular complexity index is 1010. The molecule has 0 fully saturated rings. The Balaban J connectivity index is 1.95. The number of nitrogens with zero attached hydrogens (tertiary/aromatic N) is 2. The second-order valence-electron chi connectivity index (χ2n) is 5.79. The Kier molecular flexibility index (Phi) is 4.59. The molecule has 2 aromatic heterocycles. The summed E-state index contributed by atoms with van der Waals surface area (Å²) in [6, 6.07) is 6.44. The van der Waals surface area contributed by atoms with Crippen LogP contribution in [-0.2, 0) is 4.79 Å². The molecule has 7 heteroatoms. The van der Waals surface area contributed by atoms with E-state index in [9.17, 15) is 9.59 Å². The van der Waals surface area contributed by atoms with Crippen LogP contribution in [0.15, 0.2) is 35.4 Å². The smallest absolute Gasteiger partial charge is 0.263 e. The first kappa shape index (κ1) is 17.2. The van der Waals surface area contributed by atoms with Crippen LogP contribution in [0.5, 0.6) is 5.75 Å². The molecule has 1 atom stereocenters. The van der Waals surface area contributed by atoms with Gasteiger partial charge in [-0.3, -0.25) is 14.2 Å². The maximum absolute atomic E-state index is 12.8. The van der Waals surface area contributed by atoms with Crippen LogP contribution in [0.25, 0.3) is 10.2 Å². The maximum Gasteiger partial charge on any atom is 0.263 e. The van der Waals surface area contributed by atoms with Crippen LogP contribution in [0.3, 0.4) is 0 Å². The number of amides is 1. The highest BCUT2D eigenvalue weighted by Crippen LogP contribution is 2.27. The van der Waals surface area contributed by atoms with Crippen LogP contribution in [0.1, 0.15) is 23.4 Å². The van der Waals surface area contributed by atoms with Crippen molar-refractivity contribution in [3.8, 4) is 5.75 Å². The van der Waals surface area contributed by atoms with Gasteiger partial charge in [0, 0.05) is 4.88 Å². The molecule has 0 unspecified atom stereocenters. The minimum atomic E-state index is -0.700. The van der Waals surface area contributed by atoms with E-state index in [-0.39, 0.29) is 11.5 Å². The van der Waals surface area contributed by atoms with Crippen molar-refractivity contribution in [2.45, 2.75) is 26.8 Å². The van der Waals surface area contributed by atoms with Gasteiger partial charge < -0.3 is 10.1 Å². The molecule has 0 saturated carbocycles. The summed E-state index contributed by atoms with van der Waals surface area (Å²) < 4.78 is 6.60. The number of carbonyl (C=O) groups excluding carboxylic acids is 1. The van der Waals surface area contributed by atoms with Crippen molar-refractivity contribution in [1.82, 2.24) is 9.55 Å². The number of aromatic nitrogens is 2. The fourth-order valence-corrected chi connectivity index (χ4v) is 3.62. The van der Waals surface area contributed by atoms with Crippen molar-refractivity contribution >= 4 is 33.1 Å². The summed E-state index contributed by atoms with van der Waals surface area (Å²) in [5.41, 5.74) is 1.28. The number of benzene rings is 1. The van der Waals surface area contributed by atoms with Crippen LogP contribution in [0.4, 0.5) is 5.69 Å². The number of anilines is 1. The van der Waals surface area contributed by atoms with Crippen LogP contribution in [0.2, 0.25) is 0 Å². The van der Waals surface area contributed by atoms with E-state index in [2.05, 4.69) is 10.3 Å². The zero-order chi connectivity index (χ0) is 18.1. The molecule has 2 heterocycles. The van der Waals surface area contributed by atoms with Crippen molar-refractivity contribution < 1.29 is 9.53 Å². The molecule has 0 spiro atoms. The number of ether oxygens (including phenoxy) is 1. The van der Waals surface area contributed by atoms with Gasteiger partial charge in [0.05, 0.1) is 24.5 Å². The number of fused-ring (bicyclic) bond motifs is 1. The molecule has 0 radical (unpaired) electrons. The fourth-order valence-electron chi connectivity index (χ4n) is 2.64. The molecular weight excluding hydrogens is 338 g/mol. The third-order valence-electron chi connectivity index (χ3n) is 4.28. The van der Waals surface area contributed by atoms with Crippen molar-refractivity contribution in [2.75, 3.05) is 12.4 Å². The molecule has 130 valence electrons. The van der Waals surface area contributed by atoms with Gasteiger partial charge in [0.1, 0.15) is 16.6 Å². The minimum Gasteiger partial charge on any atom is -0.495 e. The average molecular weight is 357 g/mol. The molecule has 25 heavy (non-hydrogen) atoms. The Labute approximate surface area is 149 Å². The van der Waals surface area contributed by atoms with Gasteiger partial charge in [-0.15, -0.1) is 11.3 Å². The summed E-state index contributed by atoms with van der Waals surface area (Å²) >= 11 is 1.49. The third kappa shape index (κ3) is 3.02. The Morgan fingerprint density at radius 1 is 1.32 bits per heavy atom. The number of aryl methyl sites for hydroxylation is 2. The zero-order valence-corrected chi connectivity index (χ0v) is 15.3. The van der Waals surface area contributed by atoms with Gasteiger partial charge in [0.25, 0.3) is 5.56 Å². The number of methoxy groups -OCH3 is 1. The van der Waals surface area contributed by atoms with Crippen molar-refractivity contribution in [1.29, 1.82) is 0 Å². The van der Waals surface area contributed by atoms with E-state index >= 15 is 0 Å². The minimum absolute atomic E-state index is 0.200. The zero-order valence-electron chi connectivity index (χ0n) is 14.5. The van der Waals surface area contributed by atoms with Crippen molar-refractivity contribution in [3.05, 3.63) is 51.4 Å². The predicted octanol–water partition coefficient (Wildman–Crippen LogP) is 3.28. The van der Waals surface area contributed by atoms with Gasteiger partial charge in [0.15, 0.2) is 0 Å². The van der Waals surface area contributed by atoms with E-state index in [0.29, 0.717) is 21.7 Å². The average Bonchev–Trinajstić information content (AvgIpc) is 2.90. The van der Waals surface area contributed by atoms with E-state index in [4.69, 9.17) is 4.74 Å². The molecule has 3 aromatic rings. The number of carbonyl (C=O) groups is 1. The Morgan fingerprint density at radius 3 is 2.76 bits per heavy atom. The normalized spacial score (nSPS) is 12.2. The monoisotopic (exact) mass is 357 g/mol. The van der Waals surface area contributed by atoms with Crippen molar-refractivity contribution in [3.63, 3.8) is 0 Å². The van der Waals surface area contributed by atoms with E-state index in [1.54, 1.807) is 32.2 Å². The molecule has 0 aliphatic heterocycles. The molecule has 0 aliphatic rings. The Hall–Kier alpha value is -2.67. The largest absolute Gasteiger partial charge is 0.495 e. The van der Waals surface area contributed by atoms with E-state index in [1.165, 1.54) is 22.2 Å². The molecule has 6 nitrogen and oxygen atoms in total. The molecule has 1 amide bonds. The number of hydrogen-bond donors (Lipinski definition) is 1. The van der Waals surface area contributed by atoms with E-state index in [1.807, 2.05) is 19.9 Å².